The van der Waals surface area contributed by atoms with Crippen molar-refractivity contribution in [3.8, 4) is 11.3 Å². The Kier molecular flexibility index (Phi) is 6.27. The van der Waals surface area contributed by atoms with Crippen molar-refractivity contribution < 1.29 is 23.8 Å². The molecule has 3 rings (SSSR count). The first kappa shape index (κ1) is 22.6. The van der Waals surface area contributed by atoms with Crippen LogP contribution in [0.15, 0.2) is 23.4 Å². The van der Waals surface area contributed by atoms with E-state index in [2.05, 4.69) is 10.3 Å². The molecule has 1 aliphatic rings. The number of hydrogen-bond donors (Lipinski definition) is 3. The highest BCUT2D eigenvalue weighted by Gasteiger charge is 2.36. The van der Waals surface area contributed by atoms with Crippen LogP contribution in [-0.2, 0) is 11.3 Å². The summed E-state index contributed by atoms with van der Waals surface area (Å²) in [5.74, 6) is -1.37. The van der Waals surface area contributed by atoms with Gasteiger partial charge in [-0.25, -0.2) is 14.6 Å². The Hall–Kier alpha value is -3.05. The molecule has 0 spiro atoms. The number of amides is 2. The molecule has 1 aliphatic heterocycles. The molecular formula is C19H22ClFN6O4. The van der Waals surface area contributed by atoms with Crippen LogP contribution in [0.5, 0.6) is 0 Å². The molecule has 12 heteroatoms. The van der Waals surface area contributed by atoms with Crippen molar-refractivity contribution in [1.29, 1.82) is 5.53 Å². The van der Waals surface area contributed by atoms with E-state index < -0.39 is 29.5 Å². The van der Waals surface area contributed by atoms with Crippen LogP contribution in [0, 0.1) is 11.3 Å². The van der Waals surface area contributed by atoms with Gasteiger partial charge in [-0.2, -0.15) is 10.6 Å². The highest BCUT2D eigenvalue weighted by atomic mass is 35.5. The van der Waals surface area contributed by atoms with E-state index in [9.17, 15) is 19.1 Å². The molecule has 31 heavy (non-hydrogen) atoms. The highest BCUT2D eigenvalue weighted by molar-refractivity contribution is 6.31. The second-order valence-corrected chi connectivity index (χ2v) is 8.40. The zero-order valence-corrected chi connectivity index (χ0v) is 17.9. The van der Waals surface area contributed by atoms with E-state index in [0.29, 0.717) is 11.3 Å². The minimum atomic E-state index is -0.741. The third-order valence-corrected chi connectivity index (χ3v) is 4.86. The molecule has 2 aromatic rings. The van der Waals surface area contributed by atoms with Crippen LogP contribution < -0.4 is 5.43 Å². The van der Waals surface area contributed by atoms with Crippen molar-refractivity contribution in [2.45, 2.75) is 39.0 Å². The summed E-state index contributed by atoms with van der Waals surface area (Å²) < 4.78 is 20.5. The van der Waals surface area contributed by atoms with Crippen LogP contribution in [0.25, 0.3) is 11.3 Å². The van der Waals surface area contributed by atoms with E-state index in [0.717, 1.165) is 6.07 Å². The molecule has 1 aromatic carbocycles. The standard InChI is InChI=1S/C19H22ClFN6O4/c1-19(2,3)31-18(30)26-7-11(9-28)27-14(8-26)15(17(29)23-25-22)16(24-27)10-4-5-13(21)12(20)6-10/h4-6,11,28H,7-9H2,1-3H3,(H2,22,23,29). The van der Waals surface area contributed by atoms with Crippen molar-refractivity contribution in [2.75, 3.05) is 13.2 Å². The molecule has 0 saturated carbocycles. The second-order valence-electron chi connectivity index (χ2n) is 7.99. The Morgan fingerprint density at radius 1 is 1.45 bits per heavy atom. The van der Waals surface area contributed by atoms with Gasteiger partial charge in [-0.3, -0.25) is 9.48 Å². The SMILES string of the molecule is CC(C)(C)OC(=O)N1Cc2c(C(=O)NN=N)c(-c3ccc(F)c(Cl)c3)nn2C(CO)C1. The maximum Gasteiger partial charge on any atom is 0.410 e. The fraction of sp³-hybridized carbons (Fsp3) is 0.421. The van der Waals surface area contributed by atoms with E-state index in [1.807, 2.05) is 5.43 Å². The van der Waals surface area contributed by atoms with Gasteiger partial charge in [0.1, 0.15) is 17.1 Å². The number of halogens is 2. The Labute approximate surface area is 182 Å². The van der Waals surface area contributed by atoms with Crippen LogP contribution in [0.2, 0.25) is 5.02 Å². The molecule has 1 atom stereocenters. The lowest BCUT2D eigenvalue weighted by molar-refractivity contribution is 0.0127. The van der Waals surface area contributed by atoms with Crippen LogP contribution in [0.3, 0.4) is 0 Å². The third kappa shape index (κ3) is 4.67. The van der Waals surface area contributed by atoms with Crippen molar-refractivity contribution in [2.24, 2.45) is 5.22 Å². The van der Waals surface area contributed by atoms with E-state index >= 15 is 0 Å². The average Bonchev–Trinajstić information content (AvgIpc) is 3.07. The highest BCUT2D eigenvalue weighted by Crippen LogP contribution is 2.33. The molecular weight excluding hydrogens is 431 g/mol. The van der Waals surface area contributed by atoms with Gasteiger partial charge in [-0.1, -0.05) is 16.8 Å². The summed E-state index contributed by atoms with van der Waals surface area (Å²) in [7, 11) is 0. The molecule has 0 aliphatic carbocycles. The molecule has 1 unspecified atom stereocenters. The lowest BCUT2D eigenvalue weighted by atomic mass is 10.0. The number of aliphatic hydroxyl groups excluding tert-OH is 1. The molecule has 3 N–H and O–H groups in total. The van der Waals surface area contributed by atoms with Gasteiger partial charge in [0.25, 0.3) is 5.91 Å². The number of aliphatic hydroxyl groups is 1. The molecule has 0 saturated heterocycles. The number of rotatable bonds is 4. The molecule has 1 aromatic heterocycles. The molecule has 0 radical (unpaired) electrons. The summed E-state index contributed by atoms with van der Waals surface area (Å²) in [5.41, 5.74) is 9.13. The van der Waals surface area contributed by atoms with Crippen LogP contribution >= 0.6 is 11.6 Å². The molecule has 0 fully saturated rings. The second kappa shape index (κ2) is 8.60. The molecule has 0 bridgehead atoms. The lowest BCUT2D eigenvalue weighted by Crippen LogP contribution is -2.45. The number of carbonyl (C=O) groups excluding carboxylic acids is 2. The Bertz CT molecular complexity index is 1040. The van der Waals surface area contributed by atoms with Gasteiger partial charge < -0.3 is 14.7 Å². The van der Waals surface area contributed by atoms with E-state index in [1.54, 1.807) is 20.8 Å². The Morgan fingerprint density at radius 2 is 2.16 bits per heavy atom. The van der Waals surface area contributed by atoms with Crippen molar-refractivity contribution in [1.82, 2.24) is 20.1 Å². The zero-order chi connectivity index (χ0) is 22.9. The lowest BCUT2D eigenvalue weighted by Gasteiger charge is -2.34. The summed E-state index contributed by atoms with van der Waals surface area (Å²) in [6.07, 6.45) is -0.610. The summed E-state index contributed by atoms with van der Waals surface area (Å²) >= 11 is 5.90. The van der Waals surface area contributed by atoms with Gasteiger partial charge in [-0.15, -0.1) is 0 Å². The quantitative estimate of drug-likeness (QED) is 0.483. The Morgan fingerprint density at radius 3 is 2.74 bits per heavy atom. The fourth-order valence-corrected chi connectivity index (χ4v) is 3.47. The number of fused-ring (bicyclic) bond motifs is 1. The van der Waals surface area contributed by atoms with Crippen LogP contribution in [0.1, 0.15) is 42.9 Å². The van der Waals surface area contributed by atoms with Crippen molar-refractivity contribution in [3.05, 3.63) is 40.3 Å². The number of aromatic nitrogens is 2. The minimum Gasteiger partial charge on any atom is -0.444 e. The maximum absolute atomic E-state index is 13.6. The predicted molar refractivity (Wildman–Crippen MR) is 108 cm³/mol. The maximum atomic E-state index is 13.6. The average molecular weight is 453 g/mol. The number of hydrogen-bond acceptors (Lipinski definition) is 7. The van der Waals surface area contributed by atoms with Gasteiger partial charge >= 0.3 is 6.09 Å². The molecule has 166 valence electrons. The smallest absolute Gasteiger partial charge is 0.410 e. The van der Waals surface area contributed by atoms with Gasteiger partial charge in [-0.05, 0) is 39.0 Å². The number of ether oxygens (including phenoxy) is 1. The molecule has 2 heterocycles. The van der Waals surface area contributed by atoms with Gasteiger partial charge in [0, 0.05) is 12.1 Å². The third-order valence-electron chi connectivity index (χ3n) is 4.57. The monoisotopic (exact) mass is 452 g/mol. The van der Waals surface area contributed by atoms with E-state index in [1.165, 1.54) is 21.7 Å². The van der Waals surface area contributed by atoms with Crippen molar-refractivity contribution >= 4 is 23.6 Å². The zero-order valence-electron chi connectivity index (χ0n) is 17.1. The topological polar surface area (TPSA) is 133 Å². The van der Waals surface area contributed by atoms with Crippen LogP contribution in [0.4, 0.5) is 9.18 Å². The normalized spacial score (nSPS) is 15.9. The first-order valence-electron chi connectivity index (χ1n) is 9.38. The summed E-state index contributed by atoms with van der Waals surface area (Å²) in [6.45, 7) is 4.90. The first-order chi connectivity index (χ1) is 14.6. The molecule has 2 amide bonds. The largest absolute Gasteiger partial charge is 0.444 e. The van der Waals surface area contributed by atoms with E-state index in [-0.39, 0.29) is 36.0 Å². The number of nitrogens with zero attached hydrogens (tertiary/aromatic N) is 4. The number of carbonyl (C=O) groups is 2. The van der Waals surface area contributed by atoms with Gasteiger partial charge in [0.05, 0.1) is 35.5 Å². The van der Waals surface area contributed by atoms with Gasteiger partial charge in [0.15, 0.2) is 0 Å². The Balaban J connectivity index is 2.13. The summed E-state index contributed by atoms with van der Waals surface area (Å²) in [6, 6.07) is 3.21. The number of nitrogens with one attached hydrogen (secondary N) is 2. The van der Waals surface area contributed by atoms with Gasteiger partial charge in [0.2, 0.25) is 0 Å². The first-order valence-corrected chi connectivity index (χ1v) is 9.76. The predicted octanol–water partition coefficient (Wildman–Crippen LogP) is 3.30. The number of benzene rings is 1. The fourth-order valence-electron chi connectivity index (χ4n) is 3.29. The van der Waals surface area contributed by atoms with Crippen LogP contribution in [-0.4, -0.2) is 50.5 Å². The molecule has 10 nitrogen and oxygen atoms in total. The minimum absolute atomic E-state index is 0.0328. The summed E-state index contributed by atoms with van der Waals surface area (Å²) in [5, 5.41) is 17.1. The van der Waals surface area contributed by atoms with E-state index in [4.69, 9.17) is 21.9 Å². The van der Waals surface area contributed by atoms with Crippen molar-refractivity contribution in [3.63, 3.8) is 0 Å². The summed E-state index contributed by atoms with van der Waals surface area (Å²) in [4.78, 5) is 26.7.